The third kappa shape index (κ3) is 2.54. The van der Waals surface area contributed by atoms with Crippen LogP contribution in [0.1, 0.15) is 5.56 Å². The predicted molar refractivity (Wildman–Crippen MR) is 76.6 cm³/mol. The number of rotatable bonds is 3. The van der Waals surface area contributed by atoms with Gasteiger partial charge in [-0.25, -0.2) is 13.8 Å². The zero-order valence-electron chi connectivity index (χ0n) is 10.8. The smallest absolute Gasteiger partial charge is 0.169 e. The van der Waals surface area contributed by atoms with Crippen molar-refractivity contribution in [3.63, 3.8) is 0 Å². The summed E-state index contributed by atoms with van der Waals surface area (Å²) in [6, 6.07) is 11.0. The van der Waals surface area contributed by atoms with Crippen LogP contribution in [0.5, 0.6) is 0 Å². The van der Waals surface area contributed by atoms with Crippen molar-refractivity contribution in [1.29, 1.82) is 0 Å². The lowest BCUT2D eigenvalue weighted by Gasteiger charge is -2.02. The van der Waals surface area contributed by atoms with E-state index in [0.717, 1.165) is 16.2 Å². The Morgan fingerprint density at radius 2 is 1.75 bits per heavy atom. The molecule has 0 aliphatic carbocycles. The summed E-state index contributed by atoms with van der Waals surface area (Å²) < 4.78 is 27.9. The average Bonchev–Trinajstić information content (AvgIpc) is 2.74. The Morgan fingerprint density at radius 3 is 2.50 bits per heavy atom. The van der Waals surface area contributed by atoms with Gasteiger partial charge in [0, 0.05) is 18.9 Å². The lowest BCUT2D eigenvalue weighted by atomic mass is 10.2. The summed E-state index contributed by atoms with van der Waals surface area (Å²) in [6.45, 7) is 0. The maximum Gasteiger partial charge on any atom is 0.169 e. The minimum atomic E-state index is -0.286. The standard InChI is InChI=1S/C15H12F2N2S/c1-19-14-7-6-12(17)8-13(14)18-15(19)20-9-10-2-4-11(16)5-3-10/h2-8H,9H2,1H3. The van der Waals surface area contributed by atoms with Gasteiger partial charge in [0.25, 0.3) is 0 Å². The highest BCUT2D eigenvalue weighted by molar-refractivity contribution is 7.98. The fraction of sp³-hybridized carbons (Fsp3) is 0.133. The van der Waals surface area contributed by atoms with E-state index >= 15 is 0 Å². The average molecular weight is 290 g/mol. The van der Waals surface area contributed by atoms with E-state index in [0.29, 0.717) is 11.3 Å². The third-order valence-corrected chi connectivity index (χ3v) is 4.18. The molecule has 0 unspecified atom stereocenters. The molecule has 1 aromatic heterocycles. The van der Waals surface area contributed by atoms with Gasteiger partial charge in [-0.1, -0.05) is 23.9 Å². The zero-order valence-corrected chi connectivity index (χ0v) is 11.6. The van der Waals surface area contributed by atoms with E-state index in [-0.39, 0.29) is 11.6 Å². The van der Waals surface area contributed by atoms with Crippen LogP contribution in [-0.2, 0) is 12.8 Å². The fourth-order valence-corrected chi connectivity index (χ4v) is 2.95. The summed E-state index contributed by atoms with van der Waals surface area (Å²) in [6.07, 6.45) is 0. The summed E-state index contributed by atoms with van der Waals surface area (Å²) in [4.78, 5) is 4.42. The van der Waals surface area contributed by atoms with Crippen molar-refractivity contribution in [2.45, 2.75) is 10.9 Å². The number of aromatic nitrogens is 2. The number of nitrogens with zero attached hydrogens (tertiary/aromatic N) is 2. The first kappa shape index (κ1) is 13.1. The maximum atomic E-state index is 13.2. The van der Waals surface area contributed by atoms with Crippen molar-refractivity contribution < 1.29 is 8.78 Å². The van der Waals surface area contributed by atoms with Gasteiger partial charge in [0.05, 0.1) is 11.0 Å². The molecule has 0 radical (unpaired) electrons. The molecule has 2 nitrogen and oxygen atoms in total. The Hall–Kier alpha value is -1.88. The van der Waals surface area contributed by atoms with Crippen molar-refractivity contribution in [3.8, 4) is 0 Å². The zero-order chi connectivity index (χ0) is 14.1. The topological polar surface area (TPSA) is 17.8 Å². The molecule has 1 heterocycles. The number of imidazole rings is 1. The molecule has 2 aromatic carbocycles. The molecule has 0 atom stereocenters. The molecule has 0 saturated carbocycles. The van der Waals surface area contributed by atoms with Crippen LogP contribution >= 0.6 is 11.8 Å². The molecule has 20 heavy (non-hydrogen) atoms. The van der Waals surface area contributed by atoms with Gasteiger partial charge in [0.1, 0.15) is 11.6 Å². The number of fused-ring (bicyclic) bond motifs is 1. The van der Waals surface area contributed by atoms with Crippen LogP contribution in [0.2, 0.25) is 0 Å². The molecular weight excluding hydrogens is 278 g/mol. The summed E-state index contributed by atoms with van der Waals surface area (Å²) in [7, 11) is 1.90. The third-order valence-electron chi connectivity index (χ3n) is 3.08. The van der Waals surface area contributed by atoms with E-state index in [1.165, 1.54) is 24.3 Å². The first-order valence-electron chi connectivity index (χ1n) is 6.13. The molecule has 0 bridgehead atoms. The summed E-state index contributed by atoms with van der Waals surface area (Å²) in [5.74, 6) is 0.169. The van der Waals surface area contributed by atoms with Crippen molar-refractivity contribution >= 4 is 22.8 Å². The number of thioether (sulfide) groups is 1. The number of halogens is 2. The Bertz CT molecular complexity index is 750. The molecule has 0 aliphatic rings. The van der Waals surface area contributed by atoms with Crippen LogP contribution < -0.4 is 0 Å². The fourth-order valence-electron chi connectivity index (χ4n) is 2.01. The van der Waals surface area contributed by atoms with Gasteiger partial charge in [0.2, 0.25) is 0 Å². The van der Waals surface area contributed by atoms with Crippen molar-refractivity contribution in [3.05, 3.63) is 59.7 Å². The largest absolute Gasteiger partial charge is 0.322 e. The van der Waals surface area contributed by atoms with Crippen molar-refractivity contribution in [2.24, 2.45) is 7.05 Å². The number of benzene rings is 2. The second-order valence-corrected chi connectivity index (χ2v) is 5.44. The van der Waals surface area contributed by atoms with E-state index in [2.05, 4.69) is 4.98 Å². The van der Waals surface area contributed by atoms with E-state index in [9.17, 15) is 8.78 Å². The van der Waals surface area contributed by atoms with Crippen LogP contribution in [0.3, 0.4) is 0 Å². The summed E-state index contributed by atoms with van der Waals surface area (Å²) >= 11 is 1.54. The Balaban J connectivity index is 1.84. The maximum absolute atomic E-state index is 13.2. The number of hydrogen-bond donors (Lipinski definition) is 0. The number of hydrogen-bond acceptors (Lipinski definition) is 2. The molecule has 0 spiro atoms. The van der Waals surface area contributed by atoms with Gasteiger partial charge in [-0.3, -0.25) is 0 Å². The first-order valence-corrected chi connectivity index (χ1v) is 7.11. The van der Waals surface area contributed by atoms with Gasteiger partial charge in [-0.15, -0.1) is 0 Å². The van der Waals surface area contributed by atoms with Gasteiger partial charge in [-0.2, -0.15) is 0 Å². The minimum Gasteiger partial charge on any atom is -0.322 e. The van der Waals surface area contributed by atoms with Crippen LogP contribution in [0.15, 0.2) is 47.6 Å². The molecule has 102 valence electrons. The quantitative estimate of drug-likeness (QED) is 0.675. The second-order valence-electron chi connectivity index (χ2n) is 4.50. The highest BCUT2D eigenvalue weighted by Gasteiger charge is 2.09. The van der Waals surface area contributed by atoms with E-state index in [1.807, 2.05) is 11.6 Å². The molecule has 0 amide bonds. The molecule has 3 aromatic rings. The second kappa shape index (κ2) is 5.25. The van der Waals surface area contributed by atoms with Crippen LogP contribution in [0, 0.1) is 11.6 Å². The molecule has 0 N–H and O–H groups in total. The predicted octanol–water partition coefficient (Wildman–Crippen LogP) is 4.14. The molecule has 0 saturated heterocycles. The van der Waals surface area contributed by atoms with E-state index < -0.39 is 0 Å². The molecule has 3 rings (SSSR count). The summed E-state index contributed by atoms with van der Waals surface area (Å²) in [5, 5.41) is 0.815. The van der Waals surface area contributed by atoms with Gasteiger partial charge < -0.3 is 4.57 Å². The van der Waals surface area contributed by atoms with Crippen LogP contribution in [0.25, 0.3) is 11.0 Å². The highest BCUT2D eigenvalue weighted by Crippen LogP contribution is 2.26. The molecule has 5 heteroatoms. The normalized spacial score (nSPS) is 11.2. The molecular formula is C15H12F2N2S. The molecule has 0 fully saturated rings. The Morgan fingerprint density at radius 1 is 1.05 bits per heavy atom. The van der Waals surface area contributed by atoms with Gasteiger partial charge in [-0.05, 0) is 29.8 Å². The highest BCUT2D eigenvalue weighted by atomic mass is 32.2. The van der Waals surface area contributed by atoms with Crippen molar-refractivity contribution in [1.82, 2.24) is 9.55 Å². The number of aryl methyl sites for hydroxylation is 1. The lowest BCUT2D eigenvalue weighted by Crippen LogP contribution is -1.91. The summed E-state index contributed by atoms with van der Waals surface area (Å²) in [5.41, 5.74) is 2.57. The lowest BCUT2D eigenvalue weighted by molar-refractivity contribution is 0.627. The molecule has 0 aliphatic heterocycles. The monoisotopic (exact) mass is 290 g/mol. The van der Waals surface area contributed by atoms with Gasteiger partial charge >= 0.3 is 0 Å². The van der Waals surface area contributed by atoms with E-state index in [4.69, 9.17) is 0 Å². The van der Waals surface area contributed by atoms with Crippen molar-refractivity contribution in [2.75, 3.05) is 0 Å². The SMILES string of the molecule is Cn1c(SCc2ccc(F)cc2)nc2cc(F)ccc21. The van der Waals surface area contributed by atoms with Gasteiger partial charge in [0.15, 0.2) is 5.16 Å². The first-order chi connectivity index (χ1) is 9.63. The van der Waals surface area contributed by atoms with Crippen LogP contribution in [-0.4, -0.2) is 9.55 Å². The minimum absolute atomic E-state index is 0.239. The Labute approximate surface area is 119 Å². The van der Waals surface area contributed by atoms with E-state index in [1.54, 1.807) is 30.0 Å². The Kier molecular flexibility index (Phi) is 3.44. The van der Waals surface area contributed by atoms with Crippen LogP contribution in [0.4, 0.5) is 8.78 Å².